The fourth-order valence-electron chi connectivity index (χ4n) is 2.36. The van der Waals surface area contributed by atoms with Crippen molar-refractivity contribution in [2.24, 2.45) is 0 Å². The molecule has 1 aliphatic heterocycles. The molecule has 0 saturated carbocycles. The highest BCUT2D eigenvalue weighted by molar-refractivity contribution is 5.91. The molecule has 1 aromatic rings. The normalized spacial score (nSPS) is 18.9. The van der Waals surface area contributed by atoms with Gasteiger partial charge < -0.3 is 15.7 Å². The van der Waals surface area contributed by atoms with E-state index < -0.39 is 12.0 Å². The number of rotatable bonds is 6. The lowest BCUT2D eigenvalue weighted by molar-refractivity contribution is -0.137. The van der Waals surface area contributed by atoms with Gasteiger partial charge in [0.2, 0.25) is 11.8 Å². The summed E-state index contributed by atoms with van der Waals surface area (Å²) < 4.78 is 0. The Hall–Kier alpha value is -2.37. The molecule has 1 heterocycles. The minimum absolute atomic E-state index is 0.0309. The predicted octanol–water partition coefficient (Wildman–Crippen LogP) is 0.987. The molecule has 0 spiro atoms. The van der Waals surface area contributed by atoms with Crippen molar-refractivity contribution in [2.45, 2.75) is 37.8 Å². The van der Waals surface area contributed by atoms with E-state index in [9.17, 15) is 14.4 Å². The van der Waals surface area contributed by atoms with Gasteiger partial charge in [0.15, 0.2) is 0 Å². The Morgan fingerprint density at radius 3 is 2.62 bits per heavy atom. The van der Waals surface area contributed by atoms with Crippen LogP contribution in [0.25, 0.3) is 0 Å². The highest BCUT2D eigenvalue weighted by Gasteiger charge is 2.28. The SMILES string of the molecule is O=C(O)CCC(NC(=O)C1CCC(=O)N1)c1ccccc1. The average Bonchev–Trinajstić information content (AvgIpc) is 2.90. The minimum atomic E-state index is -0.903. The van der Waals surface area contributed by atoms with E-state index >= 15 is 0 Å². The summed E-state index contributed by atoms with van der Waals surface area (Å²) >= 11 is 0. The van der Waals surface area contributed by atoms with Crippen molar-refractivity contribution in [3.8, 4) is 0 Å². The summed E-state index contributed by atoms with van der Waals surface area (Å²) in [6.45, 7) is 0. The van der Waals surface area contributed by atoms with Crippen LogP contribution in [-0.2, 0) is 14.4 Å². The standard InChI is InChI=1S/C15H18N2O4/c18-13-8-6-12(16-13)15(21)17-11(7-9-14(19)20)10-4-2-1-3-5-10/h1-5,11-12H,6-9H2,(H,16,18)(H,17,21)(H,19,20). The van der Waals surface area contributed by atoms with Gasteiger partial charge in [-0.25, -0.2) is 0 Å². The molecule has 0 radical (unpaired) electrons. The van der Waals surface area contributed by atoms with Gasteiger partial charge in [0.25, 0.3) is 0 Å². The molecule has 2 atom stereocenters. The fraction of sp³-hybridized carbons (Fsp3) is 0.400. The first-order valence-electron chi connectivity index (χ1n) is 6.92. The van der Waals surface area contributed by atoms with E-state index in [0.717, 1.165) is 5.56 Å². The Bertz CT molecular complexity index is 530. The molecule has 1 aliphatic rings. The van der Waals surface area contributed by atoms with E-state index in [4.69, 9.17) is 5.11 Å². The van der Waals surface area contributed by atoms with E-state index in [2.05, 4.69) is 10.6 Å². The van der Waals surface area contributed by atoms with Gasteiger partial charge in [-0.2, -0.15) is 0 Å². The molecule has 21 heavy (non-hydrogen) atoms. The molecule has 0 bridgehead atoms. The first kappa shape index (κ1) is 15.0. The Kier molecular flexibility index (Phi) is 4.92. The first-order chi connectivity index (χ1) is 10.1. The molecule has 2 unspecified atom stereocenters. The van der Waals surface area contributed by atoms with Crippen LogP contribution in [0.15, 0.2) is 30.3 Å². The van der Waals surface area contributed by atoms with Crippen molar-refractivity contribution < 1.29 is 19.5 Å². The van der Waals surface area contributed by atoms with Crippen LogP contribution in [0.2, 0.25) is 0 Å². The number of carbonyl (C=O) groups excluding carboxylic acids is 2. The summed E-state index contributed by atoms with van der Waals surface area (Å²) in [5, 5.41) is 14.3. The second-order valence-corrected chi connectivity index (χ2v) is 5.06. The van der Waals surface area contributed by atoms with E-state index in [1.165, 1.54) is 0 Å². The minimum Gasteiger partial charge on any atom is -0.481 e. The fourth-order valence-corrected chi connectivity index (χ4v) is 2.36. The molecule has 0 aromatic heterocycles. The zero-order valence-electron chi connectivity index (χ0n) is 11.5. The number of hydrogen-bond acceptors (Lipinski definition) is 3. The maximum absolute atomic E-state index is 12.1. The summed E-state index contributed by atoms with van der Waals surface area (Å²) in [7, 11) is 0. The smallest absolute Gasteiger partial charge is 0.303 e. The van der Waals surface area contributed by atoms with Crippen molar-refractivity contribution in [2.75, 3.05) is 0 Å². The summed E-state index contributed by atoms with van der Waals surface area (Å²) in [5.41, 5.74) is 0.858. The van der Waals surface area contributed by atoms with Gasteiger partial charge in [-0.15, -0.1) is 0 Å². The van der Waals surface area contributed by atoms with Crippen LogP contribution in [0.3, 0.4) is 0 Å². The van der Waals surface area contributed by atoms with Gasteiger partial charge in [-0.1, -0.05) is 30.3 Å². The van der Waals surface area contributed by atoms with Gasteiger partial charge >= 0.3 is 5.97 Å². The molecule has 112 valence electrons. The Labute approximate surface area is 122 Å². The Morgan fingerprint density at radius 1 is 1.33 bits per heavy atom. The summed E-state index contributed by atoms with van der Waals surface area (Å²) in [6, 6.07) is 8.34. The number of aliphatic carboxylic acids is 1. The van der Waals surface area contributed by atoms with E-state index in [1.54, 1.807) is 0 Å². The van der Waals surface area contributed by atoms with Crippen molar-refractivity contribution in [1.82, 2.24) is 10.6 Å². The maximum atomic E-state index is 12.1. The zero-order chi connectivity index (χ0) is 15.2. The largest absolute Gasteiger partial charge is 0.481 e. The molecule has 0 aliphatic carbocycles. The summed E-state index contributed by atoms with van der Waals surface area (Å²) in [5.74, 6) is -1.30. The summed E-state index contributed by atoms with van der Waals surface area (Å²) in [6.07, 6.45) is 1.11. The number of amides is 2. The monoisotopic (exact) mass is 290 g/mol. The van der Waals surface area contributed by atoms with Gasteiger partial charge in [0.05, 0.1) is 6.04 Å². The molecule has 1 saturated heterocycles. The molecule has 3 N–H and O–H groups in total. The average molecular weight is 290 g/mol. The molecule has 6 heteroatoms. The van der Waals surface area contributed by atoms with Crippen LogP contribution in [0, 0.1) is 0 Å². The molecular weight excluding hydrogens is 272 g/mol. The number of carboxylic acids is 1. The zero-order valence-corrected chi connectivity index (χ0v) is 11.5. The molecule has 2 rings (SSSR count). The van der Waals surface area contributed by atoms with Crippen LogP contribution in [-0.4, -0.2) is 28.9 Å². The second kappa shape index (κ2) is 6.88. The van der Waals surface area contributed by atoms with Gasteiger partial charge in [0, 0.05) is 12.8 Å². The molecule has 6 nitrogen and oxygen atoms in total. The molecule has 1 aromatic carbocycles. The van der Waals surface area contributed by atoms with Gasteiger partial charge in [0.1, 0.15) is 6.04 Å². The van der Waals surface area contributed by atoms with Crippen molar-refractivity contribution >= 4 is 17.8 Å². The number of hydrogen-bond donors (Lipinski definition) is 3. The second-order valence-electron chi connectivity index (χ2n) is 5.06. The molecule has 1 fully saturated rings. The number of nitrogens with one attached hydrogen (secondary N) is 2. The van der Waals surface area contributed by atoms with Gasteiger partial charge in [-0.3, -0.25) is 14.4 Å². The van der Waals surface area contributed by atoms with Crippen molar-refractivity contribution in [3.63, 3.8) is 0 Å². The Morgan fingerprint density at radius 2 is 2.05 bits per heavy atom. The van der Waals surface area contributed by atoms with Crippen LogP contribution in [0.1, 0.15) is 37.3 Å². The lowest BCUT2D eigenvalue weighted by atomic mass is 10.0. The first-order valence-corrected chi connectivity index (χ1v) is 6.92. The highest BCUT2D eigenvalue weighted by atomic mass is 16.4. The lowest BCUT2D eigenvalue weighted by Crippen LogP contribution is -2.43. The third kappa shape index (κ3) is 4.30. The number of carboxylic acid groups (broad SMARTS) is 1. The van der Waals surface area contributed by atoms with E-state index in [1.807, 2.05) is 30.3 Å². The van der Waals surface area contributed by atoms with E-state index in [0.29, 0.717) is 19.3 Å². The van der Waals surface area contributed by atoms with Crippen LogP contribution in [0.4, 0.5) is 0 Å². The van der Waals surface area contributed by atoms with Crippen LogP contribution in [0.5, 0.6) is 0 Å². The van der Waals surface area contributed by atoms with Crippen LogP contribution < -0.4 is 10.6 Å². The number of carbonyl (C=O) groups is 3. The summed E-state index contributed by atoms with van der Waals surface area (Å²) in [4.78, 5) is 34.1. The van der Waals surface area contributed by atoms with Crippen molar-refractivity contribution in [3.05, 3.63) is 35.9 Å². The lowest BCUT2D eigenvalue weighted by Gasteiger charge is -2.20. The third-order valence-electron chi connectivity index (χ3n) is 3.48. The third-order valence-corrected chi connectivity index (χ3v) is 3.48. The van der Waals surface area contributed by atoms with Crippen molar-refractivity contribution in [1.29, 1.82) is 0 Å². The topological polar surface area (TPSA) is 95.5 Å². The maximum Gasteiger partial charge on any atom is 0.303 e. The van der Waals surface area contributed by atoms with Crippen LogP contribution >= 0.6 is 0 Å². The highest BCUT2D eigenvalue weighted by Crippen LogP contribution is 2.19. The quantitative estimate of drug-likeness (QED) is 0.728. The van der Waals surface area contributed by atoms with Gasteiger partial charge in [-0.05, 0) is 18.4 Å². The number of benzene rings is 1. The molecule has 2 amide bonds. The predicted molar refractivity (Wildman–Crippen MR) is 75.4 cm³/mol. The molecular formula is C15H18N2O4. The van der Waals surface area contributed by atoms with E-state index in [-0.39, 0.29) is 24.3 Å². The Balaban J connectivity index is 2.03.